The highest BCUT2D eigenvalue weighted by molar-refractivity contribution is 5.33. The van der Waals surface area contributed by atoms with Crippen LogP contribution in [0.4, 0.5) is 11.9 Å². The zero-order valence-corrected chi connectivity index (χ0v) is 12.0. The smallest absolute Gasteiger partial charge is 0.323 e. The van der Waals surface area contributed by atoms with Crippen molar-refractivity contribution in [1.82, 2.24) is 15.0 Å². The van der Waals surface area contributed by atoms with E-state index in [1.807, 2.05) is 13.8 Å². The Morgan fingerprint density at radius 3 is 2.80 bits per heavy atom. The molecule has 8 nitrogen and oxygen atoms in total. The first-order valence-corrected chi connectivity index (χ1v) is 6.58. The van der Waals surface area contributed by atoms with E-state index in [0.29, 0.717) is 25.7 Å². The molecule has 0 amide bonds. The van der Waals surface area contributed by atoms with Crippen LogP contribution >= 0.6 is 0 Å². The average molecular weight is 283 g/mol. The van der Waals surface area contributed by atoms with Crippen LogP contribution in [0.3, 0.4) is 0 Å². The fraction of sp³-hybridized carbons (Fsp3) is 0.750. The van der Waals surface area contributed by atoms with Gasteiger partial charge in [-0.2, -0.15) is 15.0 Å². The number of nitrogens with two attached hydrogens (primary N) is 1. The van der Waals surface area contributed by atoms with Crippen LogP contribution in [0, 0.1) is 0 Å². The van der Waals surface area contributed by atoms with Gasteiger partial charge in [0.1, 0.15) is 5.60 Å². The first-order chi connectivity index (χ1) is 9.53. The number of nitrogens with one attached hydrogen (secondary N) is 1. The summed E-state index contributed by atoms with van der Waals surface area (Å²) in [5.74, 6) is 0.490. The summed E-state index contributed by atoms with van der Waals surface area (Å²) in [6.45, 7) is 5.56. The van der Waals surface area contributed by atoms with Gasteiger partial charge in [-0.05, 0) is 13.8 Å². The van der Waals surface area contributed by atoms with E-state index in [2.05, 4.69) is 20.3 Å². The van der Waals surface area contributed by atoms with E-state index in [1.165, 1.54) is 0 Å². The quantitative estimate of drug-likeness (QED) is 0.775. The number of nitrogen functional groups attached to an aromatic ring is 1. The Kier molecular flexibility index (Phi) is 4.56. The van der Waals surface area contributed by atoms with Gasteiger partial charge in [0, 0.05) is 26.7 Å². The zero-order valence-electron chi connectivity index (χ0n) is 12.0. The van der Waals surface area contributed by atoms with Crippen LogP contribution in [0.1, 0.15) is 20.3 Å². The fourth-order valence-corrected chi connectivity index (χ4v) is 1.92. The molecule has 1 aliphatic heterocycles. The van der Waals surface area contributed by atoms with Crippen LogP contribution in [-0.2, 0) is 9.47 Å². The highest BCUT2D eigenvalue weighted by Gasteiger charge is 2.35. The number of methoxy groups -OCH3 is 1. The molecule has 8 heteroatoms. The minimum absolute atomic E-state index is 0.0294. The van der Waals surface area contributed by atoms with E-state index in [0.717, 1.165) is 6.42 Å². The molecular weight excluding hydrogens is 262 g/mol. The van der Waals surface area contributed by atoms with Gasteiger partial charge in [0.2, 0.25) is 11.9 Å². The monoisotopic (exact) mass is 283 g/mol. The van der Waals surface area contributed by atoms with Crippen molar-refractivity contribution in [2.75, 3.05) is 37.9 Å². The van der Waals surface area contributed by atoms with Crippen LogP contribution in [0.2, 0.25) is 0 Å². The van der Waals surface area contributed by atoms with Crippen LogP contribution in [0.15, 0.2) is 0 Å². The van der Waals surface area contributed by atoms with Gasteiger partial charge >= 0.3 is 6.01 Å². The van der Waals surface area contributed by atoms with Crippen LogP contribution in [0.5, 0.6) is 6.01 Å². The standard InChI is InChI=1S/C12H21N5O3/c1-8(2)20-11-16-9(13)15-10(17-11)14-6-12(18-3)4-5-19-7-12/h8H,4-7H2,1-3H3,(H3,13,14,15,16,17). The van der Waals surface area contributed by atoms with Crippen molar-refractivity contribution in [1.29, 1.82) is 0 Å². The largest absolute Gasteiger partial charge is 0.461 e. The van der Waals surface area contributed by atoms with Crippen LogP contribution < -0.4 is 15.8 Å². The van der Waals surface area contributed by atoms with Gasteiger partial charge in [-0.25, -0.2) is 0 Å². The van der Waals surface area contributed by atoms with Crippen molar-refractivity contribution < 1.29 is 14.2 Å². The molecule has 3 N–H and O–H groups in total. The summed E-state index contributed by atoms with van der Waals surface area (Å²) in [5, 5.41) is 3.11. The maximum Gasteiger partial charge on any atom is 0.323 e. The summed E-state index contributed by atoms with van der Waals surface area (Å²) in [4.78, 5) is 12.1. The number of hydrogen-bond donors (Lipinski definition) is 2. The Labute approximate surface area is 118 Å². The number of ether oxygens (including phenoxy) is 3. The van der Waals surface area contributed by atoms with Gasteiger partial charge in [-0.15, -0.1) is 0 Å². The Bertz CT molecular complexity index is 449. The first kappa shape index (κ1) is 14.7. The summed E-state index contributed by atoms with van der Waals surface area (Å²) in [6, 6.07) is 0.212. The molecule has 0 spiro atoms. The zero-order chi connectivity index (χ0) is 14.6. The Hall–Kier alpha value is -1.67. The summed E-state index contributed by atoms with van der Waals surface area (Å²) in [7, 11) is 1.67. The number of hydrogen-bond acceptors (Lipinski definition) is 8. The second-order valence-electron chi connectivity index (χ2n) is 5.01. The Morgan fingerprint density at radius 1 is 1.40 bits per heavy atom. The molecule has 0 aromatic carbocycles. The maximum atomic E-state index is 5.65. The Morgan fingerprint density at radius 2 is 2.20 bits per heavy atom. The molecule has 1 aliphatic rings. The number of nitrogens with zero attached hydrogens (tertiary/aromatic N) is 3. The molecule has 2 heterocycles. The molecule has 112 valence electrons. The van der Waals surface area contributed by atoms with Crippen molar-refractivity contribution in [2.45, 2.75) is 32.0 Å². The predicted molar refractivity (Wildman–Crippen MR) is 73.7 cm³/mol. The minimum atomic E-state index is -0.347. The van der Waals surface area contributed by atoms with Gasteiger partial charge in [0.25, 0.3) is 0 Å². The van der Waals surface area contributed by atoms with Crippen LogP contribution in [0.25, 0.3) is 0 Å². The van der Waals surface area contributed by atoms with E-state index >= 15 is 0 Å². The lowest BCUT2D eigenvalue weighted by atomic mass is 10.0. The molecular formula is C12H21N5O3. The second kappa shape index (κ2) is 6.19. The summed E-state index contributed by atoms with van der Waals surface area (Å²) in [5.41, 5.74) is 5.30. The van der Waals surface area contributed by atoms with E-state index in [9.17, 15) is 0 Å². The molecule has 1 aromatic rings. The maximum absolute atomic E-state index is 5.65. The molecule has 1 fully saturated rings. The molecule has 0 radical (unpaired) electrons. The van der Waals surface area contributed by atoms with E-state index < -0.39 is 0 Å². The van der Waals surface area contributed by atoms with Crippen molar-refractivity contribution in [3.8, 4) is 6.01 Å². The highest BCUT2D eigenvalue weighted by atomic mass is 16.5. The van der Waals surface area contributed by atoms with Crippen LogP contribution in [-0.4, -0.2) is 53.5 Å². The SMILES string of the molecule is COC1(CNc2nc(N)nc(OC(C)C)n2)CCOC1. The summed E-state index contributed by atoms with van der Waals surface area (Å²) < 4.78 is 16.3. The normalized spacial score (nSPS) is 22.2. The molecule has 0 saturated carbocycles. The van der Waals surface area contributed by atoms with E-state index in [-0.39, 0.29) is 23.7 Å². The second-order valence-corrected chi connectivity index (χ2v) is 5.01. The topological polar surface area (TPSA) is 104 Å². The van der Waals surface area contributed by atoms with Gasteiger partial charge < -0.3 is 25.3 Å². The van der Waals surface area contributed by atoms with Gasteiger partial charge in [-0.1, -0.05) is 0 Å². The van der Waals surface area contributed by atoms with Gasteiger partial charge in [0.05, 0.1) is 12.7 Å². The number of aromatic nitrogens is 3. The third kappa shape index (κ3) is 3.67. The van der Waals surface area contributed by atoms with Gasteiger partial charge in [0.15, 0.2) is 0 Å². The average Bonchev–Trinajstić information content (AvgIpc) is 2.84. The third-order valence-electron chi connectivity index (χ3n) is 3.04. The predicted octanol–water partition coefficient (Wildman–Crippen LogP) is 0.458. The molecule has 1 atom stereocenters. The number of rotatable bonds is 6. The minimum Gasteiger partial charge on any atom is -0.461 e. The fourth-order valence-electron chi connectivity index (χ4n) is 1.92. The molecule has 0 bridgehead atoms. The summed E-state index contributed by atoms with van der Waals surface area (Å²) >= 11 is 0. The summed E-state index contributed by atoms with van der Waals surface area (Å²) in [6.07, 6.45) is 0.796. The molecule has 20 heavy (non-hydrogen) atoms. The molecule has 0 aliphatic carbocycles. The van der Waals surface area contributed by atoms with Gasteiger partial charge in [-0.3, -0.25) is 0 Å². The number of anilines is 2. The molecule has 1 unspecified atom stereocenters. The highest BCUT2D eigenvalue weighted by Crippen LogP contribution is 2.23. The lowest BCUT2D eigenvalue weighted by molar-refractivity contribution is -0.00632. The third-order valence-corrected chi connectivity index (χ3v) is 3.04. The first-order valence-electron chi connectivity index (χ1n) is 6.58. The Balaban J connectivity index is 2.03. The van der Waals surface area contributed by atoms with Crippen molar-refractivity contribution in [3.05, 3.63) is 0 Å². The van der Waals surface area contributed by atoms with Crippen molar-refractivity contribution in [2.24, 2.45) is 0 Å². The molecule has 2 rings (SSSR count). The molecule has 1 aromatic heterocycles. The van der Waals surface area contributed by atoms with Crippen molar-refractivity contribution in [3.63, 3.8) is 0 Å². The molecule has 1 saturated heterocycles. The van der Waals surface area contributed by atoms with E-state index in [4.69, 9.17) is 19.9 Å². The lowest BCUT2D eigenvalue weighted by Crippen LogP contribution is -2.40. The van der Waals surface area contributed by atoms with Crippen molar-refractivity contribution >= 4 is 11.9 Å². The van der Waals surface area contributed by atoms with E-state index in [1.54, 1.807) is 7.11 Å². The lowest BCUT2D eigenvalue weighted by Gasteiger charge is -2.25.